The summed E-state index contributed by atoms with van der Waals surface area (Å²) in [5.74, 6) is 0.360. The van der Waals surface area contributed by atoms with E-state index in [1.54, 1.807) is 51.2 Å². The Morgan fingerprint density at radius 3 is 2.50 bits per heavy atom. The first-order chi connectivity index (χ1) is 15.1. The molecule has 0 aliphatic heterocycles. The van der Waals surface area contributed by atoms with Crippen LogP contribution in [0, 0.1) is 0 Å². The number of benzene rings is 1. The molecule has 0 spiro atoms. The predicted molar refractivity (Wildman–Crippen MR) is 124 cm³/mol. The highest BCUT2D eigenvalue weighted by Crippen LogP contribution is 2.34. The first kappa shape index (κ1) is 24.5. The average Bonchev–Trinajstić information content (AvgIpc) is 2.71. The van der Waals surface area contributed by atoms with E-state index in [0.29, 0.717) is 40.4 Å². The van der Waals surface area contributed by atoms with Crippen molar-refractivity contribution < 1.29 is 23.8 Å². The highest BCUT2D eigenvalue weighted by atomic mass is 16.6. The first-order valence-corrected chi connectivity index (χ1v) is 9.97. The zero-order valence-electron chi connectivity index (χ0n) is 19.0. The number of alkyl carbamates (subject to hydrolysis) is 1. The van der Waals surface area contributed by atoms with Crippen molar-refractivity contribution in [3.05, 3.63) is 48.7 Å². The number of nitrogens with one attached hydrogen (secondary N) is 2. The molecule has 32 heavy (non-hydrogen) atoms. The van der Waals surface area contributed by atoms with Crippen LogP contribution in [0.3, 0.4) is 0 Å². The molecule has 9 heteroatoms. The van der Waals surface area contributed by atoms with E-state index in [0.717, 1.165) is 0 Å². The molecular weight excluding hydrogens is 412 g/mol. The van der Waals surface area contributed by atoms with Gasteiger partial charge in [-0.05, 0) is 45.4 Å². The topological polar surface area (TPSA) is 125 Å². The lowest BCUT2D eigenvalue weighted by Gasteiger charge is -2.24. The Balaban J connectivity index is 2.41. The largest absolute Gasteiger partial charge is 0.481 e. The Labute approximate surface area is 188 Å². The number of hydrogen-bond acceptors (Lipinski definition) is 7. The molecule has 0 aliphatic carbocycles. The van der Waals surface area contributed by atoms with Crippen LogP contribution in [0.2, 0.25) is 0 Å². The summed E-state index contributed by atoms with van der Waals surface area (Å²) in [7, 11) is 2.79. The van der Waals surface area contributed by atoms with Crippen LogP contribution in [0.25, 0.3) is 11.1 Å². The van der Waals surface area contributed by atoms with Gasteiger partial charge in [0.25, 0.3) is 0 Å². The van der Waals surface area contributed by atoms with Crippen molar-refractivity contribution in [3.63, 3.8) is 0 Å². The van der Waals surface area contributed by atoms with E-state index in [4.69, 9.17) is 15.2 Å². The maximum atomic E-state index is 12.4. The molecule has 1 aromatic carbocycles. The summed E-state index contributed by atoms with van der Waals surface area (Å²) in [6.07, 6.45) is 2.59. The molecule has 0 aliphatic rings. The van der Waals surface area contributed by atoms with Gasteiger partial charge in [-0.15, -0.1) is 6.58 Å². The van der Waals surface area contributed by atoms with Gasteiger partial charge in [-0.25, -0.2) is 14.6 Å². The number of amides is 2. The number of carbonyl (C=O) groups excluding carboxylic acids is 2. The van der Waals surface area contributed by atoms with Crippen LogP contribution in [0.1, 0.15) is 38.8 Å². The molecular formula is C23H30N4O5. The number of hydrogen-bond donors (Lipinski definition) is 3. The Morgan fingerprint density at radius 1 is 1.22 bits per heavy atom. The van der Waals surface area contributed by atoms with E-state index in [-0.39, 0.29) is 0 Å². The van der Waals surface area contributed by atoms with Gasteiger partial charge in [-0.1, -0.05) is 12.1 Å². The van der Waals surface area contributed by atoms with Gasteiger partial charge in [0.05, 0.1) is 20.3 Å². The fourth-order valence-electron chi connectivity index (χ4n) is 2.99. The van der Waals surface area contributed by atoms with Crippen LogP contribution in [0.5, 0.6) is 5.88 Å². The van der Waals surface area contributed by atoms with Gasteiger partial charge in [0.1, 0.15) is 5.60 Å². The molecule has 0 bridgehead atoms. The highest BCUT2D eigenvalue weighted by Gasteiger charge is 2.23. The normalized spacial score (nSPS) is 11.8. The fraction of sp³-hybridized carbons (Fsp3) is 0.348. The molecule has 0 radical (unpaired) electrons. The summed E-state index contributed by atoms with van der Waals surface area (Å²) >= 11 is 0. The number of nitrogens with zero attached hydrogens (tertiary/aromatic N) is 1. The van der Waals surface area contributed by atoms with Gasteiger partial charge in [0.15, 0.2) is 0 Å². The van der Waals surface area contributed by atoms with Crippen LogP contribution in [-0.4, -0.2) is 37.0 Å². The minimum absolute atomic E-state index is 0.360. The fourth-order valence-corrected chi connectivity index (χ4v) is 2.99. The number of nitrogen functional groups attached to an aromatic ring is 1. The van der Waals surface area contributed by atoms with E-state index in [1.807, 2.05) is 6.07 Å². The average molecular weight is 443 g/mol. The molecule has 0 saturated heterocycles. The smallest absolute Gasteiger partial charge is 0.411 e. The van der Waals surface area contributed by atoms with Gasteiger partial charge in [-0.2, -0.15) is 0 Å². The van der Waals surface area contributed by atoms with E-state index in [9.17, 15) is 9.59 Å². The maximum Gasteiger partial charge on any atom is 0.411 e. The van der Waals surface area contributed by atoms with Crippen LogP contribution < -0.4 is 21.1 Å². The third kappa shape index (κ3) is 6.63. The zero-order valence-corrected chi connectivity index (χ0v) is 19.0. The van der Waals surface area contributed by atoms with Crippen molar-refractivity contribution in [3.8, 4) is 17.0 Å². The Kier molecular flexibility index (Phi) is 8.06. The van der Waals surface area contributed by atoms with Crippen molar-refractivity contribution >= 4 is 23.6 Å². The Bertz CT molecular complexity index is 985. The number of anilines is 2. The van der Waals surface area contributed by atoms with Crippen LogP contribution in [0.4, 0.5) is 21.0 Å². The van der Waals surface area contributed by atoms with E-state index >= 15 is 0 Å². The molecule has 2 aromatic rings. The number of nitrogens with two attached hydrogens (primary N) is 1. The Hall–Kier alpha value is -3.75. The summed E-state index contributed by atoms with van der Waals surface area (Å²) in [6.45, 7) is 9.15. The monoisotopic (exact) mass is 442 g/mol. The third-order valence-electron chi connectivity index (χ3n) is 4.34. The molecule has 9 nitrogen and oxygen atoms in total. The second-order valence-electron chi connectivity index (χ2n) is 7.96. The molecule has 4 N–H and O–H groups in total. The standard InChI is InChI=1S/C23H30N4O5/c1-7-8-19(27-22(29)32-23(2,3)4)17-11-14(13-25-20(17)30-5)16-10-9-15(12-18(16)24)26-21(28)31-6/h7,9-13,19H,1,8,24H2,2-6H3,(H,26,28)(H,27,29). The second kappa shape index (κ2) is 10.5. The molecule has 2 rings (SSSR count). The zero-order chi connectivity index (χ0) is 23.9. The number of rotatable bonds is 7. The van der Waals surface area contributed by atoms with Crippen LogP contribution in [-0.2, 0) is 9.47 Å². The van der Waals surface area contributed by atoms with E-state index in [1.165, 1.54) is 14.2 Å². The summed E-state index contributed by atoms with van der Waals surface area (Å²) in [5.41, 5.74) is 8.56. The second-order valence-corrected chi connectivity index (χ2v) is 7.96. The van der Waals surface area contributed by atoms with Gasteiger partial charge in [0, 0.05) is 34.3 Å². The van der Waals surface area contributed by atoms with Crippen LogP contribution in [0.15, 0.2) is 43.1 Å². The van der Waals surface area contributed by atoms with E-state index < -0.39 is 23.8 Å². The van der Waals surface area contributed by atoms with E-state index in [2.05, 4.69) is 26.9 Å². The molecule has 0 saturated carbocycles. The van der Waals surface area contributed by atoms with Crippen molar-refractivity contribution in [2.24, 2.45) is 0 Å². The molecule has 1 heterocycles. The number of aromatic nitrogens is 1. The van der Waals surface area contributed by atoms with Crippen molar-refractivity contribution in [1.82, 2.24) is 10.3 Å². The molecule has 1 aromatic heterocycles. The molecule has 0 fully saturated rings. The minimum Gasteiger partial charge on any atom is -0.481 e. The van der Waals surface area contributed by atoms with Crippen molar-refractivity contribution in [2.75, 3.05) is 25.3 Å². The predicted octanol–water partition coefficient (Wildman–Crippen LogP) is 4.66. The van der Waals surface area contributed by atoms with Gasteiger partial charge in [0.2, 0.25) is 5.88 Å². The van der Waals surface area contributed by atoms with Crippen molar-refractivity contribution in [2.45, 2.75) is 38.8 Å². The molecule has 172 valence electrons. The molecule has 1 atom stereocenters. The highest BCUT2D eigenvalue weighted by molar-refractivity contribution is 5.88. The van der Waals surface area contributed by atoms with Gasteiger partial charge in [-0.3, -0.25) is 5.32 Å². The Morgan fingerprint density at radius 2 is 1.94 bits per heavy atom. The summed E-state index contributed by atoms with van der Waals surface area (Å²) < 4.78 is 15.4. The lowest BCUT2D eigenvalue weighted by Crippen LogP contribution is -2.35. The van der Waals surface area contributed by atoms with Crippen molar-refractivity contribution in [1.29, 1.82) is 0 Å². The lowest BCUT2D eigenvalue weighted by atomic mass is 9.99. The van der Waals surface area contributed by atoms with Gasteiger partial charge >= 0.3 is 12.2 Å². The number of methoxy groups -OCH3 is 2. The molecule has 2 amide bonds. The lowest BCUT2D eigenvalue weighted by molar-refractivity contribution is 0.0503. The number of ether oxygens (including phenoxy) is 3. The van der Waals surface area contributed by atoms with Crippen LogP contribution >= 0.6 is 0 Å². The quantitative estimate of drug-likeness (QED) is 0.421. The number of carbonyl (C=O) groups is 2. The summed E-state index contributed by atoms with van der Waals surface area (Å²) in [5, 5.41) is 5.42. The third-order valence-corrected chi connectivity index (χ3v) is 4.34. The summed E-state index contributed by atoms with van der Waals surface area (Å²) in [4.78, 5) is 28.2. The SMILES string of the molecule is C=CCC(NC(=O)OC(C)(C)C)c1cc(-c2ccc(NC(=O)OC)cc2N)cnc1OC. The number of pyridine rings is 1. The first-order valence-electron chi connectivity index (χ1n) is 9.97. The minimum atomic E-state index is -0.637. The van der Waals surface area contributed by atoms with Gasteiger partial charge < -0.3 is 25.3 Å². The summed E-state index contributed by atoms with van der Waals surface area (Å²) in [6, 6.07) is 6.45. The molecule has 1 unspecified atom stereocenters. The maximum absolute atomic E-state index is 12.4.